The first-order valence-electron chi connectivity index (χ1n) is 7.32. The first kappa shape index (κ1) is 16.8. The zero-order valence-electron chi connectivity index (χ0n) is 13.2. The zero-order valence-corrected chi connectivity index (χ0v) is 14.9. The van der Waals surface area contributed by atoms with Crippen molar-refractivity contribution >= 4 is 40.0 Å². The molecule has 2 amide bonds. The molecule has 0 unspecified atom stereocenters. The van der Waals surface area contributed by atoms with Gasteiger partial charge in [0.05, 0.1) is 11.3 Å². The summed E-state index contributed by atoms with van der Waals surface area (Å²) in [5.41, 5.74) is 0.381. The van der Waals surface area contributed by atoms with Gasteiger partial charge < -0.3 is 4.90 Å². The molecule has 2 aromatic heterocycles. The molecular weight excluding hydrogens is 348 g/mol. The van der Waals surface area contributed by atoms with Gasteiger partial charge in [0.25, 0.3) is 5.91 Å². The Morgan fingerprint density at radius 1 is 1.29 bits per heavy atom. The molecule has 0 aliphatic heterocycles. The van der Waals surface area contributed by atoms with Crippen LogP contribution < -0.4 is 5.32 Å². The standard InChI is InChI=1S/C14H16N6O2S2/c1-20(2)10(21)7-23-14-19-18-13(24-14)17-12(22)9-5-15-11(16-6-9)8-3-4-8/h5-6,8H,3-4,7H2,1-2H3,(H,17,18,22). The lowest BCUT2D eigenvalue weighted by atomic mass is 10.3. The number of amides is 2. The summed E-state index contributed by atoms with van der Waals surface area (Å²) in [7, 11) is 3.40. The van der Waals surface area contributed by atoms with Gasteiger partial charge in [0.15, 0.2) is 4.34 Å². The molecule has 1 fully saturated rings. The highest BCUT2D eigenvalue weighted by molar-refractivity contribution is 8.01. The predicted molar refractivity (Wildman–Crippen MR) is 91.3 cm³/mol. The van der Waals surface area contributed by atoms with Crippen molar-refractivity contribution in [2.75, 3.05) is 25.2 Å². The summed E-state index contributed by atoms with van der Waals surface area (Å²) >= 11 is 2.52. The third-order valence-corrected chi connectivity index (χ3v) is 5.28. The molecule has 126 valence electrons. The molecule has 1 aliphatic rings. The summed E-state index contributed by atoms with van der Waals surface area (Å²) in [6, 6.07) is 0. The largest absolute Gasteiger partial charge is 0.348 e. The maximum absolute atomic E-state index is 12.2. The van der Waals surface area contributed by atoms with Crippen LogP contribution in [0.15, 0.2) is 16.7 Å². The first-order valence-corrected chi connectivity index (χ1v) is 9.13. The molecule has 8 nitrogen and oxygen atoms in total. The Hall–Kier alpha value is -2.07. The second-order valence-corrected chi connectivity index (χ2v) is 7.71. The lowest BCUT2D eigenvalue weighted by Crippen LogP contribution is -2.23. The van der Waals surface area contributed by atoms with Gasteiger partial charge in [-0.2, -0.15) is 0 Å². The molecule has 0 atom stereocenters. The van der Waals surface area contributed by atoms with Crippen LogP contribution in [0.1, 0.15) is 34.9 Å². The molecule has 24 heavy (non-hydrogen) atoms. The Bertz CT molecular complexity index is 742. The Balaban J connectivity index is 1.55. The Kier molecular flexibility index (Phi) is 5.05. The third kappa shape index (κ3) is 4.26. The molecular formula is C14H16N6O2S2. The number of thioether (sulfide) groups is 1. The van der Waals surface area contributed by atoms with E-state index >= 15 is 0 Å². The minimum atomic E-state index is -0.325. The van der Waals surface area contributed by atoms with E-state index in [4.69, 9.17) is 0 Å². The van der Waals surface area contributed by atoms with Crippen molar-refractivity contribution in [3.8, 4) is 0 Å². The number of rotatable bonds is 6. The average Bonchev–Trinajstić information content (AvgIpc) is 3.33. The molecule has 0 bridgehead atoms. The molecule has 1 N–H and O–H groups in total. The molecule has 0 aromatic carbocycles. The second kappa shape index (κ2) is 7.22. The number of hydrogen-bond acceptors (Lipinski definition) is 8. The lowest BCUT2D eigenvalue weighted by Gasteiger charge is -2.07. The highest BCUT2D eigenvalue weighted by atomic mass is 32.2. The smallest absolute Gasteiger partial charge is 0.260 e. The molecule has 1 saturated carbocycles. The molecule has 0 radical (unpaired) electrons. The lowest BCUT2D eigenvalue weighted by molar-refractivity contribution is -0.125. The van der Waals surface area contributed by atoms with Crippen LogP contribution in [0.25, 0.3) is 0 Å². The number of anilines is 1. The number of nitrogens with zero attached hydrogens (tertiary/aromatic N) is 5. The van der Waals surface area contributed by atoms with Crippen molar-refractivity contribution in [1.82, 2.24) is 25.1 Å². The van der Waals surface area contributed by atoms with Crippen molar-refractivity contribution < 1.29 is 9.59 Å². The Labute approximate surface area is 147 Å². The number of carbonyl (C=O) groups excluding carboxylic acids is 2. The average molecular weight is 364 g/mol. The fourth-order valence-corrected chi connectivity index (χ4v) is 3.47. The summed E-state index contributed by atoms with van der Waals surface area (Å²) < 4.78 is 0.626. The summed E-state index contributed by atoms with van der Waals surface area (Å²) in [6.07, 6.45) is 5.30. The third-order valence-electron chi connectivity index (χ3n) is 3.32. The van der Waals surface area contributed by atoms with E-state index in [0.29, 0.717) is 21.0 Å². The van der Waals surface area contributed by atoms with Gasteiger partial charge in [0.2, 0.25) is 11.0 Å². The molecule has 1 aliphatic carbocycles. The maximum Gasteiger partial charge on any atom is 0.260 e. The number of nitrogens with one attached hydrogen (secondary N) is 1. The quantitative estimate of drug-likeness (QED) is 0.614. The highest BCUT2D eigenvalue weighted by Crippen LogP contribution is 2.37. The van der Waals surface area contributed by atoms with Gasteiger partial charge in [-0.3, -0.25) is 14.9 Å². The van der Waals surface area contributed by atoms with Crippen LogP contribution in [-0.4, -0.2) is 56.7 Å². The number of hydrogen-bond donors (Lipinski definition) is 1. The predicted octanol–water partition coefficient (Wildman–Crippen LogP) is 1.64. The van der Waals surface area contributed by atoms with Gasteiger partial charge in [-0.25, -0.2) is 9.97 Å². The second-order valence-electron chi connectivity index (χ2n) is 5.51. The highest BCUT2D eigenvalue weighted by Gasteiger charge is 2.26. The normalized spacial score (nSPS) is 13.6. The fourth-order valence-electron chi connectivity index (χ4n) is 1.75. The minimum Gasteiger partial charge on any atom is -0.348 e. The van der Waals surface area contributed by atoms with Gasteiger partial charge in [0, 0.05) is 32.4 Å². The minimum absolute atomic E-state index is 0.00585. The van der Waals surface area contributed by atoms with E-state index in [2.05, 4.69) is 25.5 Å². The SMILES string of the molecule is CN(C)C(=O)CSc1nnc(NC(=O)c2cnc(C3CC3)nc2)s1. The molecule has 3 rings (SSSR count). The van der Waals surface area contributed by atoms with E-state index in [1.165, 1.54) is 40.4 Å². The summed E-state index contributed by atoms with van der Waals surface area (Å²) in [5, 5.41) is 10.9. The molecule has 2 heterocycles. The number of carbonyl (C=O) groups is 2. The van der Waals surface area contributed by atoms with Gasteiger partial charge >= 0.3 is 0 Å². The summed E-state index contributed by atoms with van der Waals surface area (Å²) in [5.74, 6) is 1.20. The van der Waals surface area contributed by atoms with Crippen LogP contribution >= 0.6 is 23.1 Å². The molecule has 10 heteroatoms. The Morgan fingerprint density at radius 3 is 2.62 bits per heavy atom. The van der Waals surface area contributed by atoms with E-state index in [1.807, 2.05) is 0 Å². The summed E-state index contributed by atoms with van der Waals surface area (Å²) in [6.45, 7) is 0. The van der Waals surface area contributed by atoms with Crippen molar-refractivity contribution in [2.45, 2.75) is 23.1 Å². The Morgan fingerprint density at radius 2 is 2.00 bits per heavy atom. The monoisotopic (exact) mass is 364 g/mol. The van der Waals surface area contributed by atoms with Gasteiger partial charge in [-0.05, 0) is 12.8 Å². The van der Waals surface area contributed by atoms with Crippen molar-refractivity contribution in [3.05, 3.63) is 23.8 Å². The first-order chi connectivity index (χ1) is 11.5. The van der Waals surface area contributed by atoms with E-state index in [1.54, 1.807) is 14.1 Å². The van der Waals surface area contributed by atoms with Crippen LogP contribution in [0.3, 0.4) is 0 Å². The zero-order chi connectivity index (χ0) is 17.1. The van der Waals surface area contributed by atoms with E-state index in [-0.39, 0.29) is 17.6 Å². The van der Waals surface area contributed by atoms with E-state index in [0.717, 1.165) is 18.7 Å². The van der Waals surface area contributed by atoms with E-state index < -0.39 is 0 Å². The van der Waals surface area contributed by atoms with Crippen LogP contribution in [0.2, 0.25) is 0 Å². The number of aromatic nitrogens is 4. The van der Waals surface area contributed by atoms with Crippen LogP contribution in [0.4, 0.5) is 5.13 Å². The molecule has 0 saturated heterocycles. The fraction of sp³-hybridized carbons (Fsp3) is 0.429. The maximum atomic E-state index is 12.2. The summed E-state index contributed by atoms with van der Waals surface area (Å²) in [4.78, 5) is 33.7. The van der Waals surface area contributed by atoms with Crippen LogP contribution in [0, 0.1) is 0 Å². The van der Waals surface area contributed by atoms with Crippen molar-refractivity contribution in [1.29, 1.82) is 0 Å². The van der Waals surface area contributed by atoms with E-state index in [9.17, 15) is 9.59 Å². The van der Waals surface area contributed by atoms with Crippen LogP contribution in [0.5, 0.6) is 0 Å². The molecule has 2 aromatic rings. The van der Waals surface area contributed by atoms with Gasteiger partial charge in [0.1, 0.15) is 5.82 Å². The van der Waals surface area contributed by atoms with Gasteiger partial charge in [-0.1, -0.05) is 23.1 Å². The van der Waals surface area contributed by atoms with Crippen molar-refractivity contribution in [3.63, 3.8) is 0 Å². The van der Waals surface area contributed by atoms with Gasteiger partial charge in [-0.15, -0.1) is 10.2 Å². The topological polar surface area (TPSA) is 101 Å². The van der Waals surface area contributed by atoms with Crippen LogP contribution in [-0.2, 0) is 4.79 Å². The molecule has 0 spiro atoms. The van der Waals surface area contributed by atoms with Crippen molar-refractivity contribution in [2.24, 2.45) is 0 Å².